The molecule has 1 fully saturated rings. The first-order valence-corrected chi connectivity index (χ1v) is 6.83. The van der Waals surface area contributed by atoms with Crippen molar-refractivity contribution in [2.75, 3.05) is 12.4 Å². The fourth-order valence-corrected chi connectivity index (χ4v) is 2.54. The fraction of sp³-hybridized carbons (Fsp3) is 0.923. The molecule has 1 aliphatic heterocycles. The van der Waals surface area contributed by atoms with Crippen molar-refractivity contribution < 1.29 is 4.79 Å². The molecule has 0 aromatic carbocycles. The van der Waals surface area contributed by atoms with Gasteiger partial charge in [0.25, 0.3) is 0 Å². The van der Waals surface area contributed by atoms with Crippen LogP contribution >= 0.6 is 11.6 Å². The van der Waals surface area contributed by atoms with Gasteiger partial charge in [-0.15, -0.1) is 11.6 Å². The van der Waals surface area contributed by atoms with E-state index in [0.29, 0.717) is 12.3 Å². The van der Waals surface area contributed by atoms with Crippen LogP contribution in [0.1, 0.15) is 52.9 Å². The molecule has 2 nitrogen and oxygen atoms in total. The molecule has 1 aliphatic rings. The molecule has 0 aromatic rings. The minimum atomic E-state index is 0.0697. The second kappa shape index (κ2) is 5.90. The van der Waals surface area contributed by atoms with Crippen molar-refractivity contribution in [1.29, 1.82) is 0 Å². The van der Waals surface area contributed by atoms with E-state index in [9.17, 15) is 4.79 Å². The summed E-state index contributed by atoms with van der Waals surface area (Å²) in [7, 11) is 0. The van der Waals surface area contributed by atoms with Crippen molar-refractivity contribution in [2.45, 2.75) is 58.9 Å². The Morgan fingerprint density at radius 1 is 1.31 bits per heavy atom. The topological polar surface area (TPSA) is 20.3 Å². The Morgan fingerprint density at radius 2 is 2.00 bits per heavy atom. The smallest absolute Gasteiger partial charge is 0.223 e. The van der Waals surface area contributed by atoms with Crippen molar-refractivity contribution in [1.82, 2.24) is 4.90 Å². The first-order valence-electron chi connectivity index (χ1n) is 6.29. The molecule has 3 heteroatoms. The van der Waals surface area contributed by atoms with E-state index in [-0.39, 0.29) is 17.4 Å². The number of carbonyl (C=O) groups is 1. The summed E-state index contributed by atoms with van der Waals surface area (Å²) in [4.78, 5) is 14.2. The number of likely N-dealkylation sites (tertiary alicyclic amines) is 1. The van der Waals surface area contributed by atoms with E-state index in [0.717, 1.165) is 19.4 Å². The first kappa shape index (κ1) is 13.8. The molecule has 0 aliphatic carbocycles. The van der Waals surface area contributed by atoms with E-state index in [1.807, 2.05) is 4.90 Å². The van der Waals surface area contributed by atoms with E-state index in [1.165, 1.54) is 12.8 Å². The van der Waals surface area contributed by atoms with Gasteiger partial charge in [-0.05, 0) is 18.3 Å². The first-order chi connectivity index (χ1) is 7.44. The summed E-state index contributed by atoms with van der Waals surface area (Å²) >= 11 is 5.97. The number of alkyl halides is 1. The normalized spacial score (nSPS) is 23.0. The Labute approximate surface area is 104 Å². The molecule has 0 spiro atoms. The molecule has 1 unspecified atom stereocenters. The average Bonchev–Trinajstić information content (AvgIpc) is 2.39. The average molecular weight is 246 g/mol. The highest BCUT2D eigenvalue weighted by Crippen LogP contribution is 2.24. The minimum Gasteiger partial charge on any atom is -0.339 e. The zero-order valence-electron chi connectivity index (χ0n) is 10.8. The number of hydrogen-bond acceptors (Lipinski definition) is 1. The number of carbonyl (C=O) groups excluding carboxylic acids is 1. The van der Waals surface area contributed by atoms with Crippen LogP contribution in [-0.2, 0) is 4.79 Å². The predicted octanol–water partition coefficient (Wildman–Crippen LogP) is 3.43. The van der Waals surface area contributed by atoms with Crippen LogP contribution in [0.15, 0.2) is 0 Å². The van der Waals surface area contributed by atoms with Gasteiger partial charge in [-0.1, -0.05) is 33.6 Å². The van der Waals surface area contributed by atoms with Gasteiger partial charge < -0.3 is 4.90 Å². The maximum atomic E-state index is 12.2. The van der Waals surface area contributed by atoms with Crippen LogP contribution in [0.4, 0.5) is 0 Å². The molecule has 0 radical (unpaired) electrons. The quantitative estimate of drug-likeness (QED) is 0.683. The van der Waals surface area contributed by atoms with Gasteiger partial charge in [0.15, 0.2) is 0 Å². The highest BCUT2D eigenvalue weighted by atomic mass is 35.5. The van der Waals surface area contributed by atoms with E-state index in [1.54, 1.807) is 0 Å². The summed E-state index contributed by atoms with van der Waals surface area (Å²) < 4.78 is 0. The van der Waals surface area contributed by atoms with Gasteiger partial charge in [-0.25, -0.2) is 0 Å². The number of nitrogens with zero attached hydrogens (tertiary/aromatic N) is 1. The molecule has 94 valence electrons. The highest BCUT2D eigenvalue weighted by molar-refractivity contribution is 6.18. The maximum Gasteiger partial charge on any atom is 0.223 e. The van der Waals surface area contributed by atoms with Gasteiger partial charge in [0, 0.05) is 24.9 Å². The standard InChI is InChI=1S/C13H24ClNO/c1-13(2,3)9-12(16)15-8-6-4-5-7-11(15)10-14/h11H,4-10H2,1-3H3. The monoisotopic (exact) mass is 245 g/mol. The lowest BCUT2D eigenvalue weighted by Crippen LogP contribution is -2.42. The van der Waals surface area contributed by atoms with Crippen LogP contribution in [-0.4, -0.2) is 29.3 Å². The van der Waals surface area contributed by atoms with Crippen molar-refractivity contribution in [3.63, 3.8) is 0 Å². The Balaban J connectivity index is 2.63. The molecule has 1 saturated heterocycles. The lowest BCUT2D eigenvalue weighted by atomic mass is 9.91. The predicted molar refractivity (Wildman–Crippen MR) is 68.8 cm³/mol. The number of hydrogen-bond donors (Lipinski definition) is 0. The third-order valence-corrected chi connectivity index (χ3v) is 3.41. The molecule has 1 atom stereocenters. The van der Waals surface area contributed by atoms with Crippen molar-refractivity contribution in [3.05, 3.63) is 0 Å². The van der Waals surface area contributed by atoms with Crippen LogP contribution < -0.4 is 0 Å². The van der Waals surface area contributed by atoms with E-state index < -0.39 is 0 Å². The molecule has 0 aromatic heterocycles. The molecule has 16 heavy (non-hydrogen) atoms. The minimum absolute atomic E-state index is 0.0697. The zero-order chi connectivity index (χ0) is 12.2. The van der Waals surface area contributed by atoms with Gasteiger partial charge in [0.2, 0.25) is 5.91 Å². The summed E-state index contributed by atoms with van der Waals surface area (Å²) in [5, 5.41) is 0. The van der Waals surface area contributed by atoms with Gasteiger partial charge in [0.05, 0.1) is 0 Å². The SMILES string of the molecule is CC(C)(C)CC(=O)N1CCCCCC1CCl. The zero-order valence-corrected chi connectivity index (χ0v) is 11.5. The Morgan fingerprint density at radius 3 is 2.56 bits per heavy atom. The number of halogens is 1. The van der Waals surface area contributed by atoms with Gasteiger partial charge in [-0.3, -0.25) is 4.79 Å². The fourth-order valence-electron chi connectivity index (χ4n) is 2.22. The van der Waals surface area contributed by atoms with Crippen molar-refractivity contribution >= 4 is 17.5 Å². The highest BCUT2D eigenvalue weighted by Gasteiger charge is 2.27. The molecule has 0 saturated carbocycles. The molecular weight excluding hydrogens is 222 g/mol. The van der Waals surface area contributed by atoms with Gasteiger partial charge in [0.1, 0.15) is 0 Å². The lowest BCUT2D eigenvalue weighted by molar-refractivity contribution is -0.134. The summed E-state index contributed by atoms with van der Waals surface area (Å²) in [6.07, 6.45) is 5.26. The molecule has 1 rings (SSSR count). The largest absolute Gasteiger partial charge is 0.339 e. The number of amides is 1. The number of rotatable bonds is 2. The van der Waals surface area contributed by atoms with Crippen LogP contribution in [0, 0.1) is 5.41 Å². The third kappa shape index (κ3) is 4.32. The Hall–Kier alpha value is -0.240. The van der Waals surface area contributed by atoms with E-state index in [4.69, 9.17) is 11.6 Å². The lowest BCUT2D eigenvalue weighted by Gasteiger charge is -2.31. The Kier molecular flexibility index (Phi) is 5.10. The summed E-state index contributed by atoms with van der Waals surface area (Å²) in [6, 6.07) is 0.263. The Bertz CT molecular complexity index is 235. The van der Waals surface area contributed by atoms with E-state index >= 15 is 0 Å². The van der Waals surface area contributed by atoms with Crippen molar-refractivity contribution in [3.8, 4) is 0 Å². The van der Waals surface area contributed by atoms with Gasteiger partial charge in [-0.2, -0.15) is 0 Å². The van der Waals surface area contributed by atoms with Gasteiger partial charge >= 0.3 is 0 Å². The van der Waals surface area contributed by atoms with E-state index in [2.05, 4.69) is 20.8 Å². The molecule has 1 amide bonds. The summed E-state index contributed by atoms with van der Waals surface area (Å²) in [6.45, 7) is 7.22. The summed E-state index contributed by atoms with van der Waals surface area (Å²) in [5.74, 6) is 0.857. The second-order valence-electron chi connectivity index (χ2n) is 5.98. The molecule has 0 bridgehead atoms. The molecular formula is C13H24ClNO. The summed E-state index contributed by atoms with van der Waals surface area (Å²) in [5.41, 5.74) is 0.0697. The van der Waals surface area contributed by atoms with Crippen LogP contribution in [0.25, 0.3) is 0 Å². The van der Waals surface area contributed by atoms with Crippen LogP contribution in [0.5, 0.6) is 0 Å². The molecule has 0 N–H and O–H groups in total. The third-order valence-electron chi connectivity index (χ3n) is 3.06. The maximum absolute atomic E-state index is 12.2. The van der Waals surface area contributed by atoms with Crippen molar-refractivity contribution in [2.24, 2.45) is 5.41 Å². The second-order valence-corrected chi connectivity index (χ2v) is 6.29. The molecule has 1 heterocycles. The van der Waals surface area contributed by atoms with Crippen LogP contribution in [0.3, 0.4) is 0 Å². The van der Waals surface area contributed by atoms with Crippen LogP contribution in [0.2, 0.25) is 0 Å².